The van der Waals surface area contributed by atoms with Crippen LogP contribution in [0.2, 0.25) is 0 Å². The van der Waals surface area contributed by atoms with Crippen molar-refractivity contribution in [1.29, 1.82) is 5.26 Å². The van der Waals surface area contributed by atoms with Gasteiger partial charge in [-0.05, 0) is 26.0 Å². The first-order valence-corrected chi connectivity index (χ1v) is 4.48. The molecule has 15 heavy (non-hydrogen) atoms. The van der Waals surface area contributed by atoms with E-state index in [2.05, 4.69) is 0 Å². The quantitative estimate of drug-likeness (QED) is 0.698. The van der Waals surface area contributed by atoms with Crippen LogP contribution in [-0.2, 0) is 4.74 Å². The van der Waals surface area contributed by atoms with Crippen molar-refractivity contribution in [1.82, 2.24) is 0 Å². The van der Waals surface area contributed by atoms with Gasteiger partial charge in [-0.3, -0.25) is 0 Å². The molecule has 0 aliphatic heterocycles. The molecular formula is C11H10FNO2. The van der Waals surface area contributed by atoms with Gasteiger partial charge in [0.2, 0.25) is 0 Å². The van der Waals surface area contributed by atoms with Crippen molar-refractivity contribution < 1.29 is 13.9 Å². The minimum Gasteiger partial charge on any atom is -0.462 e. The molecule has 3 nitrogen and oxygen atoms in total. The fraction of sp³-hybridized carbons (Fsp3) is 0.273. The van der Waals surface area contributed by atoms with Crippen LogP contribution in [0.15, 0.2) is 12.1 Å². The number of nitriles is 1. The fourth-order valence-electron chi connectivity index (χ4n) is 1.21. The molecule has 1 aromatic carbocycles. The lowest BCUT2D eigenvalue weighted by Gasteiger charge is -2.06. The number of carbonyl (C=O) groups excluding carboxylic acids is 1. The van der Waals surface area contributed by atoms with E-state index in [1.807, 2.05) is 0 Å². The summed E-state index contributed by atoms with van der Waals surface area (Å²) in [5.74, 6) is -1.10. The minimum atomic E-state index is -0.600. The van der Waals surface area contributed by atoms with E-state index in [1.54, 1.807) is 13.0 Å². The van der Waals surface area contributed by atoms with E-state index in [4.69, 9.17) is 10.00 Å². The molecule has 0 heterocycles. The summed E-state index contributed by atoms with van der Waals surface area (Å²) in [7, 11) is 0. The summed E-state index contributed by atoms with van der Waals surface area (Å²) in [5, 5.41) is 8.82. The number of esters is 1. The van der Waals surface area contributed by atoms with Crippen LogP contribution in [-0.4, -0.2) is 12.6 Å². The lowest BCUT2D eigenvalue weighted by molar-refractivity contribution is 0.0526. The molecule has 78 valence electrons. The smallest absolute Gasteiger partial charge is 0.339 e. The summed E-state index contributed by atoms with van der Waals surface area (Å²) in [6.07, 6.45) is 0. The van der Waals surface area contributed by atoms with E-state index >= 15 is 0 Å². The maximum Gasteiger partial charge on any atom is 0.339 e. The van der Waals surface area contributed by atoms with Gasteiger partial charge in [-0.2, -0.15) is 5.26 Å². The Morgan fingerprint density at radius 1 is 1.60 bits per heavy atom. The minimum absolute atomic E-state index is 0.0356. The highest BCUT2D eigenvalue weighted by Gasteiger charge is 2.16. The Morgan fingerprint density at radius 3 is 2.80 bits per heavy atom. The van der Waals surface area contributed by atoms with Gasteiger partial charge in [0.15, 0.2) is 0 Å². The molecule has 0 aromatic heterocycles. The topological polar surface area (TPSA) is 50.1 Å². The van der Waals surface area contributed by atoms with E-state index in [0.717, 1.165) is 6.07 Å². The first kappa shape index (κ1) is 11.2. The Hall–Kier alpha value is -1.89. The van der Waals surface area contributed by atoms with Crippen LogP contribution in [0.25, 0.3) is 0 Å². The van der Waals surface area contributed by atoms with Crippen LogP contribution in [0.1, 0.15) is 28.4 Å². The van der Waals surface area contributed by atoms with Crippen molar-refractivity contribution >= 4 is 5.97 Å². The molecule has 0 spiro atoms. The van der Waals surface area contributed by atoms with Gasteiger partial charge in [0.1, 0.15) is 11.9 Å². The van der Waals surface area contributed by atoms with E-state index in [0.29, 0.717) is 0 Å². The molecule has 0 fully saturated rings. The average Bonchev–Trinajstić information content (AvgIpc) is 2.22. The number of hydrogen-bond acceptors (Lipinski definition) is 3. The monoisotopic (exact) mass is 207 g/mol. The Balaban J connectivity index is 3.26. The first-order valence-electron chi connectivity index (χ1n) is 4.48. The summed E-state index contributed by atoms with van der Waals surface area (Å²) in [5.41, 5.74) is 0.315. The number of rotatable bonds is 2. The first-order chi connectivity index (χ1) is 7.11. The van der Waals surface area contributed by atoms with Crippen molar-refractivity contribution in [3.8, 4) is 6.07 Å². The van der Waals surface area contributed by atoms with Gasteiger partial charge < -0.3 is 4.74 Å². The third-order valence-electron chi connectivity index (χ3n) is 2.01. The van der Waals surface area contributed by atoms with Crippen LogP contribution in [0.5, 0.6) is 0 Å². The van der Waals surface area contributed by atoms with Gasteiger partial charge in [0.05, 0.1) is 17.7 Å². The van der Waals surface area contributed by atoms with Gasteiger partial charge in [0.25, 0.3) is 0 Å². The second-order valence-electron chi connectivity index (χ2n) is 2.93. The molecule has 0 amide bonds. The molecule has 0 saturated heterocycles. The predicted molar refractivity (Wildman–Crippen MR) is 51.8 cm³/mol. The second-order valence-corrected chi connectivity index (χ2v) is 2.93. The number of nitrogens with zero attached hydrogens (tertiary/aromatic N) is 1. The predicted octanol–water partition coefficient (Wildman–Crippen LogP) is 2.18. The molecule has 0 atom stereocenters. The van der Waals surface area contributed by atoms with E-state index < -0.39 is 11.8 Å². The third kappa shape index (κ3) is 2.13. The highest BCUT2D eigenvalue weighted by Crippen LogP contribution is 2.17. The second kappa shape index (κ2) is 4.56. The van der Waals surface area contributed by atoms with Crippen LogP contribution in [0.3, 0.4) is 0 Å². The Bertz CT molecular complexity index is 435. The van der Waals surface area contributed by atoms with Crippen LogP contribution in [0.4, 0.5) is 4.39 Å². The summed E-state index contributed by atoms with van der Waals surface area (Å²) in [4.78, 5) is 11.4. The van der Waals surface area contributed by atoms with Crippen LogP contribution in [0, 0.1) is 24.1 Å². The number of carbonyl (C=O) groups is 1. The SMILES string of the molecule is CCOC(=O)c1ccc(F)c(C)c1C#N. The van der Waals surface area contributed by atoms with Gasteiger partial charge in [-0.25, -0.2) is 9.18 Å². The summed E-state index contributed by atoms with van der Waals surface area (Å²) in [6, 6.07) is 4.22. The van der Waals surface area contributed by atoms with Crippen molar-refractivity contribution in [2.24, 2.45) is 0 Å². The van der Waals surface area contributed by atoms with Crippen molar-refractivity contribution in [2.75, 3.05) is 6.61 Å². The van der Waals surface area contributed by atoms with Gasteiger partial charge in [-0.1, -0.05) is 0 Å². The largest absolute Gasteiger partial charge is 0.462 e. The molecular weight excluding hydrogens is 197 g/mol. The summed E-state index contributed by atoms with van der Waals surface area (Å²) >= 11 is 0. The maximum atomic E-state index is 13.1. The van der Waals surface area contributed by atoms with Gasteiger partial charge >= 0.3 is 5.97 Å². The third-order valence-corrected chi connectivity index (χ3v) is 2.01. The molecule has 0 bridgehead atoms. The summed E-state index contributed by atoms with van der Waals surface area (Å²) in [6.45, 7) is 3.34. The average molecular weight is 207 g/mol. The molecule has 0 aliphatic carbocycles. The Labute approximate surface area is 87.1 Å². The van der Waals surface area contributed by atoms with Gasteiger partial charge in [-0.15, -0.1) is 0 Å². The molecule has 0 saturated carbocycles. The molecule has 1 rings (SSSR count). The number of benzene rings is 1. The molecule has 1 aromatic rings. The van der Waals surface area contributed by atoms with E-state index in [9.17, 15) is 9.18 Å². The van der Waals surface area contributed by atoms with E-state index in [-0.39, 0.29) is 23.3 Å². The van der Waals surface area contributed by atoms with Crippen molar-refractivity contribution in [3.05, 3.63) is 34.6 Å². The highest BCUT2D eigenvalue weighted by molar-refractivity contribution is 5.92. The Kier molecular flexibility index (Phi) is 3.40. The van der Waals surface area contributed by atoms with Crippen LogP contribution < -0.4 is 0 Å². The van der Waals surface area contributed by atoms with Crippen LogP contribution >= 0.6 is 0 Å². The standard InChI is InChI=1S/C11H10FNO2/c1-3-15-11(14)8-4-5-10(12)7(2)9(8)6-13/h4-5H,3H2,1-2H3. The Morgan fingerprint density at radius 2 is 2.27 bits per heavy atom. The molecule has 0 unspecified atom stereocenters. The van der Waals surface area contributed by atoms with Crippen molar-refractivity contribution in [2.45, 2.75) is 13.8 Å². The normalized spacial score (nSPS) is 9.47. The molecule has 0 radical (unpaired) electrons. The number of halogens is 1. The van der Waals surface area contributed by atoms with E-state index in [1.165, 1.54) is 13.0 Å². The maximum absolute atomic E-state index is 13.1. The molecule has 0 N–H and O–H groups in total. The highest BCUT2D eigenvalue weighted by atomic mass is 19.1. The zero-order valence-electron chi connectivity index (χ0n) is 8.50. The number of hydrogen-bond donors (Lipinski definition) is 0. The molecule has 4 heteroatoms. The zero-order valence-corrected chi connectivity index (χ0v) is 8.50. The lowest BCUT2D eigenvalue weighted by atomic mass is 10.0. The zero-order chi connectivity index (χ0) is 11.4. The van der Waals surface area contributed by atoms with Gasteiger partial charge in [0, 0.05) is 5.56 Å². The lowest BCUT2D eigenvalue weighted by Crippen LogP contribution is -2.08. The van der Waals surface area contributed by atoms with Crippen molar-refractivity contribution in [3.63, 3.8) is 0 Å². The molecule has 0 aliphatic rings. The number of ether oxygens (including phenoxy) is 1. The fourth-order valence-corrected chi connectivity index (χ4v) is 1.21. The summed E-state index contributed by atoms with van der Waals surface area (Å²) < 4.78 is 17.8.